The number of nitriles is 1. The average molecular weight is 378 g/mol. The number of halogens is 1. The number of carbonyl (C=O) groups is 2. The molecular weight excluding hydrogens is 358 g/mol. The Labute approximate surface area is 157 Å². The van der Waals surface area contributed by atoms with E-state index in [-0.39, 0.29) is 29.9 Å². The third kappa shape index (κ3) is 4.77. The summed E-state index contributed by atoms with van der Waals surface area (Å²) < 4.78 is 0. The van der Waals surface area contributed by atoms with Crippen molar-refractivity contribution >= 4 is 35.2 Å². The van der Waals surface area contributed by atoms with Gasteiger partial charge in [-0.05, 0) is 31.5 Å². The molecule has 0 radical (unpaired) electrons. The molecule has 0 spiro atoms. The summed E-state index contributed by atoms with van der Waals surface area (Å²) in [6.45, 7) is 5.12. The maximum absolute atomic E-state index is 12.2. The van der Waals surface area contributed by atoms with Crippen LogP contribution in [0.25, 0.3) is 0 Å². The van der Waals surface area contributed by atoms with E-state index in [1.165, 1.54) is 11.8 Å². The second-order valence-electron chi connectivity index (χ2n) is 5.57. The second kappa shape index (κ2) is 8.93. The molecule has 1 heterocycles. The Morgan fingerprint density at radius 1 is 1.36 bits per heavy atom. The fraction of sp³-hybridized carbons (Fsp3) is 0.389. The largest absolute Gasteiger partial charge is 0.343 e. The third-order valence-electron chi connectivity index (χ3n) is 4.08. The van der Waals surface area contributed by atoms with Crippen LogP contribution >= 0.6 is 23.4 Å². The number of rotatable bonds is 6. The molecule has 0 bridgehead atoms. The van der Waals surface area contributed by atoms with Crippen molar-refractivity contribution in [2.75, 3.05) is 18.8 Å². The van der Waals surface area contributed by atoms with Gasteiger partial charge in [-0.15, -0.1) is 0 Å². The Kier molecular flexibility index (Phi) is 6.91. The fourth-order valence-electron chi connectivity index (χ4n) is 2.71. The summed E-state index contributed by atoms with van der Waals surface area (Å²) in [5.74, 6) is -0.294. The van der Waals surface area contributed by atoms with Gasteiger partial charge < -0.3 is 10.2 Å². The Hall–Kier alpha value is -1.97. The maximum Gasteiger partial charge on any atom is 0.232 e. The van der Waals surface area contributed by atoms with Crippen LogP contribution in [0.1, 0.15) is 31.7 Å². The molecule has 0 saturated heterocycles. The molecule has 0 aliphatic carbocycles. The quantitative estimate of drug-likeness (QED) is 0.825. The van der Waals surface area contributed by atoms with Gasteiger partial charge in [0.15, 0.2) is 0 Å². The molecule has 1 aromatic rings. The first-order valence-corrected chi connectivity index (χ1v) is 9.46. The second-order valence-corrected chi connectivity index (χ2v) is 6.99. The van der Waals surface area contributed by atoms with Crippen LogP contribution in [0.3, 0.4) is 0 Å². The molecule has 1 aliphatic heterocycles. The molecule has 7 heteroatoms. The Morgan fingerprint density at radius 2 is 2.00 bits per heavy atom. The SMILES string of the molecule is CCN(CC)C(=O)CSC1=C(C#N)[C@H](c2ccc(Cl)cc2)CC(=O)N1. The monoisotopic (exact) mass is 377 g/mol. The van der Waals surface area contributed by atoms with Crippen LogP contribution in [-0.4, -0.2) is 35.6 Å². The zero-order valence-corrected chi connectivity index (χ0v) is 15.8. The summed E-state index contributed by atoms with van der Waals surface area (Å²) in [6.07, 6.45) is 0.207. The number of amides is 2. The zero-order valence-electron chi connectivity index (χ0n) is 14.2. The van der Waals surface area contributed by atoms with Crippen molar-refractivity contribution in [1.82, 2.24) is 10.2 Å². The summed E-state index contributed by atoms with van der Waals surface area (Å²) >= 11 is 7.13. The minimum atomic E-state index is -0.318. The predicted molar refractivity (Wildman–Crippen MR) is 100.0 cm³/mol. The van der Waals surface area contributed by atoms with Gasteiger partial charge in [-0.25, -0.2) is 0 Å². The molecule has 132 valence electrons. The molecule has 1 aliphatic rings. The topological polar surface area (TPSA) is 73.2 Å². The molecule has 0 aromatic heterocycles. The lowest BCUT2D eigenvalue weighted by Crippen LogP contribution is -2.34. The number of hydrogen-bond donors (Lipinski definition) is 1. The molecule has 2 amide bonds. The van der Waals surface area contributed by atoms with Gasteiger partial charge in [-0.2, -0.15) is 5.26 Å². The van der Waals surface area contributed by atoms with Crippen LogP contribution < -0.4 is 5.32 Å². The first-order chi connectivity index (χ1) is 12.0. The maximum atomic E-state index is 12.2. The van der Waals surface area contributed by atoms with Crippen molar-refractivity contribution in [1.29, 1.82) is 5.26 Å². The lowest BCUT2D eigenvalue weighted by molar-refractivity contribution is -0.128. The van der Waals surface area contributed by atoms with E-state index in [0.29, 0.717) is 28.7 Å². The minimum Gasteiger partial charge on any atom is -0.343 e. The van der Waals surface area contributed by atoms with Crippen molar-refractivity contribution in [3.8, 4) is 6.07 Å². The Morgan fingerprint density at radius 3 is 2.56 bits per heavy atom. The van der Waals surface area contributed by atoms with Gasteiger partial charge in [-0.3, -0.25) is 9.59 Å². The smallest absolute Gasteiger partial charge is 0.232 e. The number of nitrogens with one attached hydrogen (secondary N) is 1. The van der Waals surface area contributed by atoms with Gasteiger partial charge in [0.05, 0.1) is 22.4 Å². The van der Waals surface area contributed by atoms with Crippen molar-refractivity contribution < 1.29 is 9.59 Å². The van der Waals surface area contributed by atoms with E-state index in [1.54, 1.807) is 17.0 Å². The summed E-state index contributed by atoms with van der Waals surface area (Å²) in [6, 6.07) is 9.35. The molecule has 1 N–H and O–H groups in total. The normalized spacial score (nSPS) is 17.0. The summed E-state index contributed by atoms with van der Waals surface area (Å²) in [5, 5.41) is 13.4. The highest BCUT2D eigenvalue weighted by Gasteiger charge is 2.30. The van der Waals surface area contributed by atoms with Gasteiger partial charge >= 0.3 is 0 Å². The van der Waals surface area contributed by atoms with E-state index < -0.39 is 0 Å². The fourth-order valence-corrected chi connectivity index (χ4v) is 3.82. The van der Waals surface area contributed by atoms with Crippen LogP contribution in [0.15, 0.2) is 34.9 Å². The lowest BCUT2D eigenvalue weighted by Gasteiger charge is -2.25. The van der Waals surface area contributed by atoms with E-state index in [0.717, 1.165) is 5.56 Å². The van der Waals surface area contributed by atoms with Crippen molar-refractivity contribution in [3.63, 3.8) is 0 Å². The number of carbonyl (C=O) groups excluding carboxylic acids is 2. The van der Waals surface area contributed by atoms with Crippen LogP contribution in [0.4, 0.5) is 0 Å². The Bertz CT molecular complexity index is 721. The molecular formula is C18H20ClN3O2S. The van der Waals surface area contributed by atoms with Gasteiger partial charge in [0, 0.05) is 30.5 Å². The third-order valence-corrected chi connectivity index (χ3v) is 5.34. The number of allylic oxidation sites excluding steroid dienone is 1. The number of benzene rings is 1. The van der Waals surface area contributed by atoms with Gasteiger partial charge in [0.2, 0.25) is 11.8 Å². The summed E-state index contributed by atoms with van der Waals surface area (Å²) in [7, 11) is 0. The van der Waals surface area contributed by atoms with E-state index in [1.807, 2.05) is 26.0 Å². The Balaban J connectivity index is 2.24. The predicted octanol–water partition coefficient (Wildman–Crippen LogP) is 3.28. The summed E-state index contributed by atoms with van der Waals surface area (Å²) in [5.41, 5.74) is 1.35. The highest BCUT2D eigenvalue weighted by atomic mass is 35.5. The molecule has 0 saturated carbocycles. The average Bonchev–Trinajstić information content (AvgIpc) is 2.61. The highest BCUT2D eigenvalue weighted by molar-refractivity contribution is 8.03. The van der Waals surface area contributed by atoms with Crippen molar-refractivity contribution in [2.24, 2.45) is 0 Å². The van der Waals surface area contributed by atoms with Crippen LogP contribution in [0, 0.1) is 11.3 Å². The first kappa shape index (κ1) is 19.4. The zero-order chi connectivity index (χ0) is 18.4. The van der Waals surface area contributed by atoms with Crippen molar-refractivity contribution in [2.45, 2.75) is 26.2 Å². The molecule has 1 aromatic carbocycles. The van der Waals surface area contributed by atoms with E-state index in [9.17, 15) is 14.9 Å². The molecule has 0 fully saturated rings. The van der Waals surface area contributed by atoms with Gasteiger partial charge in [0.25, 0.3) is 0 Å². The van der Waals surface area contributed by atoms with Gasteiger partial charge in [-0.1, -0.05) is 35.5 Å². The lowest BCUT2D eigenvalue weighted by atomic mass is 9.87. The molecule has 25 heavy (non-hydrogen) atoms. The first-order valence-electron chi connectivity index (χ1n) is 8.10. The molecule has 2 rings (SSSR count). The molecule has 5 nitrogen and oxygen atoms in total. The van der Waals surface area contributed by atoms with E-state index in [4.69, 9.17) is 11.6 Å². The van der Waals surface area contributed by atoms with Crippen LogP contribution in [0.2, 0.25) is 5.02 Å². The molecule has 0 unspecified atom stereocenters. The van der Waals surface area contributed by atoms with E-state index in [2.05, 4.69) is 11.4 Å². The summed E-state index contributed by atoms with van der Waals surface area (Å²) in [4.78, 5) is 26.0. The van der Waals surface area contributed by atoms with Gasteiger partial charge in [0.1, 0.15) is 0 Å². The number of nitrogens with zero attached hydrogens (tertiary/aromatic N) is 2. The minimum absolute atomic E-state index is 0.0114. The standard InChI is InChI=1S/C18H20ClN3O2S/c1-3-22(4-2)17(24)11-25-18-15(10-20)14(9-16(23)21-18)12-5-7-13(19)8-6-12/h5-8,14H,3-4,9,11H2,1-2H3,(H,21,23)/t14-/m0/s1. The van der Waals surface area contributed by atoms with Crippen LogP contribution in [-0.2, 0) is 9.59 Å². The number of hydrogen-bond acceptors (Lipinski definition) is 4. The molecule has 1 atom stereocenters. The highest BCUT2D eigenvalue weighted by Crippen LogP contribution is 2.36. The van der Waals surface area contributed by atoms with Crippen LogP contribution in [0.5, 0.6) is 0 Å². The van der Waals surface area contributed by atoms with Crippen molar-refractivity contribution in [3.05, 3.63) is 45.5 Å². The van der Waals surface area contributed by atoms with E-state index >= 15 is 0 Å². The number of thioether (sulfide) groups is 1.